The van der Waals surface area contributed by atoms with Gasteiger partial charge < -0.3 is 14.8 Å². The van der Waals surface area contributed by atoms with E-state index in [2.05, 4.69) is 10.1 Å². The topological polar surface area (TPSA) is 64.6 Å². The highest BCUT2D eigenvalue weighted by Crippen LogP contribution is 2.25. The maximum atomic E-state index is 12.1. The molecule has 0 unspecified atom stereocenters. The Morgan fingerprint density at radius 3 is 2.33 bits per heavy atom. The Hall–Kier alpha value is -2.32. The van der Waals surface area contributed by atoms with Crippen molar-refractivity contribution in [1.29, 1.82) is 0 Å². The summed E-state index contributed by atoms with van der Waals surface area (Å²) in [6, 6.07) is 12.4. The first kappa shape index (κ1) is 21.0. The van der Waals surface area contributed by atoms with Crippen molar-refractivity contribution in [1.82, 2.24) is 0 Å². The summed E-state index contributed by atoms with van der Waals surface area (Å²) < 4.78 is 33.4. The summed E-state index contributed by atoms with van der Waals surface area (Å²) in [6.07, 6.45) is 0. The number of hydrogen-bond acceptors (Lipinski definition) is 5. The Morgan fingerprint density at radius 1 is 1.11 bits per heavy atom. The van der Waals surface area contributed by atoms with Crippen LogP contribution in [-0.4, -0.2) is 30.3 Å². The molecule has 2 aromatic rings. The van der Waals surface area contributed by atoms with Crippen LogP contribution < -0.4 is 10.1 Å². The van der Waals surface area contributed by atoms with Gasteiger partial charge in [-0.05, 0) is 55.5 Å². The van der Waals surface area contributed by atoms with Gasteiger partial charge in [-0.25, -0.2) is 0 Å². The van der Waals surface area contributed by atoms with Crippen LogP contribution >= 0.6 is 23.4 Å². The second-order valence-corrected chi connectivity index (χ2v) is 7.12. The molecule has 2 aromatic carbocycles. The number of carbonyl (C=O) groups excluding carboxylic acids is 2. The highest BCUT2D eigenvalue weighted by atomic mass is 35.5. The Balaban J connectivity index is 1.76. The molecule has 5 nitrogen and oxygen atoms in total. The van der Waals surface area contributed by atoms with E-state index < -0.39 is 30.3 Å². The third-order valence-corrected chi connectivity index (χ3v) is 4.51. The van der Waals surface area contributed by atoms with Crippen LogP contribution in [0.25, 0.3) is 0 Å². The number of amides is 1. The second kappa shape index (κ2) is 10.1. The van der Waals surface area contributed by atoms with Crippen LogP contribution in [0.15, 0.2) is 53.4 Å². The largest absolute Gasteiger partial charge is 0.455 e. The van der Waals surface area contributed by atoms with Gasteiger partial charge >= 0.3 is 12.6 Å². The maximum Gasteiger partial charge on any atom is 0.387 e. The number of thioether (sulfide) groups is 1. The summed E-state index contributed by atoms with van der Waals surface area (Å²) in [5.74, 6) is -1.11. The van der Waals surface area contributed by atoms with Gasteiger partial charge in [-0.3, -0.25) is 9.59 Å². The predicted molar refractivity (Wildman–Crippen MR) is 99.4 cm³/mol. The fourth-order valence-corrected chi connectivity index (χ4v) is 2.93. The van der Waals surface area contributed by atoms with Gasteiger partial charge in [0.15, 0.2) is 6.61 Å². The number of halogens is 3. The van der Waals surface area contributed by atoms with Crippen molar-refractivity contribution in [2.75, 3.05) is 11.9 Å². The molecule has 1 amide bonds. The average molecular weight is 416 g/mol. The van der Waals surface area contributed by atoms with Gasteiger partial charge in [0.05, 0.1) is 0 Å². The van der Waals surface area contributed by atoms with Crippen molar-refractivity contribution < 1.29 is 27.8 Å². The predicted octanol–water partition coefficient (Wildman–Crippen LogP) is 4.60. The molecular formula is C18H16ClF2NO4S. The van der Waals surface area contributed by atoms with Crippen LogP contribution in [0.3, 0.4) is 0 Å². The van der Waals surface area contributed by atoms with Crippen LogP contribution in [0.4, 0.5) is 14.5 Å². The number of benzene rings is 2. The third kappa shape index (κ3) is 7.44. The van der Waals surface area contributed by atoms with Gasteiger partial charge in [-0.1, -0.05) is 11.6 Å². The first-order valence-electron chi connectivity index (χ1n) is 7.77. The Bertz CT molecular complexity index is 772. The number of carbonyl (C=O) groups is 2. The zero-order valence-electron chi connectivity index (χ0n) is 14.2. The zero-order valence-corrected chi connectivity index (χ0v) is 15.7. The van der Waals surface area contributed by atoms with Gasteiger partial charge in [0.2, 0.25) is 0 Å². The Morgan fingerprint density at radius 2 is 1.74 bits per heavy atom. The standard InChI is InChI=1S/C18H16ClF2NO4S/c1-11(27-15-8-2-12(19)3-9-15)17(24)25-10-16(23)22-13-4-6-14(7-5-13)26-18(20)21/h2-9,11,18H,10H2,1H3,(H,22,23)/t11-/m0/s1. The van der Waals surface area contributed by atoms with Gasteiger partial charge in [0.1, 0.15) is 11.0 Å². The van der Waals surface area contributed by atoms with Gasteiger partial charge in [0, 0.05) is 15.6 Å². The molecule has 0 saturated heterocycles. The van der Waals surface area contributed by atoms with Gasteiger partial charge in [-0.2, -0.15) is 8.78 Å². The fraction of sp³-hybridized carbons (Fsp3) is 0.222. The minimum absolute atomic E-state index is 0.0255. The monoisotopic (exact) mass is 415 g/mol. The molecule has 144 valence electrons. The molecular weight excluding hydrogens is 400 g/mol. The first-order chi connectivity index (χ1) is 12.8. The van der Waals surface area contributed by atoms with E-state index in [1.165, 1.54) is 36.0 Å². The Kier molecular flexibility index (Phi) is 7.87. The molecule has 0 aliphatic heterocycles. The highest BCUT2D eigenvalue weighted by molar-refractivity contribution is 8.00. The summed E-state index contributed by atoms with van der Waals surface area (Å²) in [7, 11) is 0. The molecule has 0 bridgehead atoms. The molecule has 0 aliphatic carbocycles. The lowest BCUT2D eigenvalue weighted by Crippen LogP contribution is -2.24. The van der Waals surface area contributed by atoms with E-state index in [0.717, 1.165) is 4.90 Å². The average Bonchev–Trinajstić information content (AvgIpc) is 2.62. The lowest BCUT2D eigenvalue weighted by Gasteiger charge is -2.12. The number of anilines is 1. The van der Waals surface area contributed by atoms with Crippen LogP contribution in [0, 0.1) is 0 Å². The lowest BCUT2D eigenvalue weighted by atomic mass is 10.3. The van der Waals surface area contributed by atoms with Crippen LogP contribution in [-0.2, 0) is 14.3 Å². The highest BCUT2D eigenvalue weighted by Gasteiger charge is 2.17. The first-order valence-corrected chi connectivity index (χ1v) is 9.03. The Labute approximate surface area is 164 Å². The lowest BCUT2D eigenvalue weighted by molar-refractivity contribution is -0.146. The van der Waals surface area contributed by atoms with Crippen LogP contribution in [0.2, 0.25) is 5.02 Å². The van der Waals surface area contributed by atoms with Crippen molar-refractivity contribution in [3.8, 4) is 5.75 Å². The molecule has 1 atom stereocenters. The number of rotatable bonds is 8. The third-order valence-electron chi connectivity index (χ3n) is 3.17. The molecule has 1 N–H and O–H groups in total. The van der Waals surface area contributed by atoms with Crippen molar-refractivity contribution in [3.63, 3.8) is 0 Å². The summed E-state index contributed by atoms with van der Waals surface area (Å²) >= 11 is 7.09. The van der Waals surface area contributed by atoms with E-state index in [1.54, 1.807) is 31.2 Å². The van der Waals surface area contributed by atoms with E-state index in [0.29, 0.717) is 10.7 Å². The molecule has 0 fully saturated rings. The summed E-state index contributed by atoms with van der Waals surface area (Å²) in [5.41, 5.74) is 0.362. The number of ether oxygens (including phenoxy) is 2. The molecule has 0 heterocycles. The molecule has 0 spiro atoms. The van der Waals surface area contributed by atoms with E-state index in [-0.39, 0.29) is 5.75 Å². The normalized spacial score (nSPS) is 11.7. The molecule has 0 aromatic heterocycles. The van der Waals surface area contributed by atoms with Crippen molar-refractivity contribution in [2.45, 2.75) is 23.7 Å². The van der Waals surface area contributed by atoms with Crippen LogP contribution in [0.1, 0.15) is 6.92 Å². The minimum Gasteiger partial charge on any atom is -0.455 e. The van der Waals surface area contributed by atoms with Gasteiger partial charge in [-0.15, -0.1) is 11.8 Å². The second-order valence-electron chi connectivity index (χ2n) is 5.27. The molecule has 27 heavy (non-hydrogen) atoms. The number of esters is 1. The summed E-state index contributed by atoms with van der Waals surface area (Å²) in [4.78, 5) is 24.7. The van der Waals surface area contributed by atoms with E-state index in [9.17, 15) is 18.4 Å². The van der Waals surface area contributed by atoms with E-state index >= 15 is 0 Å². The number of nitrogens with one attached hydrogen (secondary N) is 1. The molecule has 2 rings (SSSR count). The summed E-state index contributed by atoms with van der Waals surface area (Å²) in [6.45, 7) is -1.71. The van der Waals surface area contributed by atoms with E-state index in [1.807, 2.05) is 0 Å². The van der Waals surface area contributed by atoms with Crippen molar-refractivity contribution in [3.05, 3.63) is 53.6 Å². The number of alkyl halides is 2. The van der Waals surface area contributed by atoms with Crippen molar-refractivity contribution in [2.24, 2.45) is 0 Å². The van der Waals surface area contributed by atoms with E-state index in [4.69, 9.17) is 16.3 Å². The molecule has 0 radical (unpaired) electrons. The quantitative estimate of drug-likeness (QED) is 0.504. The van der Waals surface area contributed by atoms with Crippen molar-refractivity contribution >= 4 is 40.9 Å². The minimum atomic E-state index is -2.92. The van der Waals surface area contributed by atoms with Crippen LogP contribution in [0.5, 0.6) is 5.75 Å². The summed E-state index contributed by atoms with van der Waals surface area (Å²) in [5, 5.41) is 2.58. The molecule has 0 saturated carbocycles. The van der Waals surface area contributed by atoms with Gasteiger partial charge in [0.25, 0.3) is 5.91 Å². The molecule has 0 aliphatic rings. The zero-order chi connectivity index (χ0) is 19.8. The molecule has 9 heteroatoms. The number of hydrogen-bond donors (Lipinski definition) is 1. The fourth-order valence-electron chi connectivity index (χ4n) is 1.94. The smallest absolute Gasteiger partial charge is 0.387 e. The maximum absolute atomic E-state index is 12.1. The SMILES string of the molecule is C[C@H](Sc1ccc(Cl)cc1)C(=O)OCC(=O)Nc1ccc(OC(F)F)cc1.